The molecule has 0 fully saturated rings. The number of aromatic carboxylic acids is 1. The number of carboxylic acid groups (broad SMARTS) is 1. The first-order valence-corrected chi connectivity index (χ1v) is 7.04. The molecule has 0 aliphatic carbocycles. The number of fused-ring (bicyclic) bond motifs is 1. The van der Waals surface area contributed by atoms with E-state index in [9.17, 15) is 9.59 Å². The fraction of sp³-hybridized carbons (Fsp3) is 0.0667. The highest BCUT2D eigenvalue weighted by molar-refractivity contribution is 9.10. The van der Waals surface area contributed by atoms with Crippen molar-refractivity contribution >= 4 is 39.2 Å². The largest absolute Gasteiger partial charge is 0.478 e. The third-order valence-electron chi connectivity index (χ3n) is 3.29. The van der Waals surface area contributed by atoms with Crippen LogP contribution in [0.15, 0.2) is 46.9 Å². The molecule has 0 radical (unpaired) electrons. The van der Waals surface area contributed by atoms with Gasteiger partial charge in [0.05, 0.1) is 5.56 Å². The van der Waals surface area contributed by atoms with Crippen molar-refractivity contribution in [3.63, 3.8) is 0 Å². The molecule has 0 spiro atoms. The van der Waals surface area contributed by atoms with Crippen molar-refractivity contribution in [2.24, 2.45) is 0 Å². The zero-order chi connectivity index (χ0) is 15.0. The Morgan fingerprint density at radius 3 is 2.57 bits per heavy atom. The normalized spacial score (nSPS) is 16.2. The summed E-state index contributed by atoms with van der Waals surface area (Å²) in [6.07, 6.45) is 0. The van der Waals surface area contributed by atoms with Gasteiger partial charge in [0, 0.05) is 21.4 Å². The van der Waals surface area contributed by atoms with Gasteiger partial charge in [0.15, 0.2) is 0 Å². The number of carbonyl (C=O) groups is 2. The van der Waals surface area contributed by atoms with E-state index in [0.717, 1.165) is 15.7 Å². The first-order valence-electron chi connectivity index (χ1n) is 6.25. The Morgan fingerprint density at radius 1 is 1.19 bits per heavy atom. The number of amides is 1. The molecule has 2 aromatic rings. The van der Waals surface area contributed by atoms with Gasteiger partial charge >= 0.3 is 5.97 Å². The number of rotatable bonds is 3. The first kappa shape index (κ1) is 13.6. The van der Waals surface area contributed by atoms with E-state index in [-0.39, 0.29) is 11.5 Å². The summed E-state index contributed by atoms with van der Waals surface area (Å²) in [5.41, 5.74) is 2.53. The zero-order valence-corrected chi connectivity index (χ0v) is 12.3. The van der Waals surface area contributed by atoms with Gasteiger partial charge in [-0.1, -0.05) is 15.9 Å². The summed E-state index contributed by atoms with van der Waals surface area (Å²) in [5, 5.41) is 14.8. The minimum absolute atomic E-state index is 0.134. The number of nitrogens with one attached hydrogen (secondary N) is 2. The lowest BCUT2D eigenvalue weighted by Crippen LogP contribution is -2.19. The van der Waals surface area contributed by atoms with E-state index in [1.54, 1.807) is 12.1 Å². The van der Waals surface area contributed by atoms with Crippen LogP contribution in [-0.2, 0) is 4.79 Å². The Labute approximate surface area is 129 Å². The van der Waals surface area contributed by atoms with Crippen molar-refractivity contribution in [2.75, 3.05) is 10.6 Å². The van der Waals surface area contributed by atoms with Gasteiger partial charge in [-0.25, -0.2) is 4.79 Å². The fourth-order valence-corrected chi connectivity index (χ4v) is 2.63. The SMILES string of the molecule is O=C(O)c1ccc(NC2C(=O)Nc3ccc(Br)cc32)cc1. The van der Waals surface area contributed by atoms with Gasteiger partial charge in [0.1, 0.15) is 6.04 Å². The van der Waals surface area contributed by atoms with Crippen LogP contribution in [0.25, 0.3) is 0 Å². The third-order valence-corrected chi connectivity index (χ3v) is 3.78. The van der Waals surface area contributed by atoms with Gasteiger partial charge in [-0.2, -0.15) is 0 Å². The van der Waals surface area contributed by atoms with Gasteiger partial charge in [0.25, 0.3) is 5.91 Å². The highest BCUT2D eigenvalue weighted by atomic mass is 79.9. The molecule has 0 saturated heterocycles. The molecule has 0 saturated carbocycles. The summed E-state index contributed by atoms with van der Waals surface area (Å²) in [6, 6.07) is 11.4. The maximum Gasteiger partial charge on any atom is 0.335 e. The maximum atomic E-state index is 12.0. The van der Waals surface area contributed by atoms with Crippen LogP contribution >= 0.6 is 15.9 Å². The van der Waals surface area contributed by atoms with Crippen LogP contribution < -0.4 is 10.6 Å². The summed E-state index contributed by atoms with van der Waals surface area (Å²) >= 11 is 3.39. The van der Waals surface area contributed by atoms with Crippen LogP contribution in [0.2, 0.25) is 0 Å². The molecule has 1 unspecified atom stereocenters. The first-order chi connectivity index (χ1) is 10.0. The lowest BCUT2D eigenvalue weighted by molar-refractivity contribution is -0.116. The smallest absolute Gasteiger partial charge is 0.335 e. The molecule has 0 bridgehead atoms. The highest BCUT2D eigenvalue weighted by Crippen LogP contribution is 2.35. The Balaban J connectivity index is 1.87. The van der Waals surface area contributed by atoms with Crippen LogP contribution in [0, 0.1) is 0 Å². The average Bonchev–Trinajstić information content (AvgIpc) is 2.76. The molecule has 3 rings (SSSR count). The summed E-state index contributed by atoms with van der Waals surface area (Å²) in [5.74, 6) is -1.11. The molecule has 1 heterocycles. The molecule has 21 heavy (non-hydrogen) atoms. The molecule has 1 aliphatic heterocycles. The predicted molar refractivity (Wildman–Crippen MR) is 82.5 cm³/mol. The van der Waals surface area contributed by atoms with Crippen molar-refractivity contribution in [1.29, 1.82) is 0 Å². The minimum Gasteiger partial charge on any atom is -0.478 e. The number of hydrogen-bond acceptors (Lipinski definition) is 3. The Hall–Kier alpha value is -2.34. The standard InChI is InChI=1S/C15H11BrN2O3/c16-9-3-6-12-11(7-9)13(14(19)18-12)17-10-4-1-8(2-5-10)15(20)21/h1-7,13,17H,(H,18,19)(H,20,21). The number of halogens is 1. The van der Waals surface area contributed by atoms with Crippen LogP contribution in [0.4, 0.5) is 11.4 Å². The van der Waals surface area contributed by atoms with Crippen LogP contribution in [0.3, 0.4) is 0 Å². The Kier molecular flexibility index (Phi) is 3.39. The molecule has 1 atom stereocenters. The van der Waals surface area contributed by atoms with Crippen molar-refractivity contribution < 1.29 is 14.7 Å². The average molecular weight is 347 g/mol. The Morgan fingerprint density at radius 2 is 1.90 bits per heavy atom. The summed E-state index contributed by atoms with van der Waals surface area (Å²) in [4.78, 5) is 22.9. The lowest BCUT2D eigenvalue weighted by Gasteiger charge is -2.13. The summed E-state index contributed by atoms with van der Waals surface area (Å²) in [6.45, 7) is 0. The van der Waals surface area contributed by atoms with Gasteiger partial charge in [0.2, 0.25) is 0 Å². The molecule has 6 heteroatoms. The second kappa shape index (κ2) is 5.21. The van der Waals surface area contributed by atoms with Gasteiger partial charge < -0.3 is 15.7 Å². The Bertz CT molecular complexity index is 728. The van der Waals surface area contributed by atoms with Crippen LogP contribution in [0.1, 0.15) is 22.0 Å². The molecule has 1 amide bonds. The molecule has 2 aromatic carbocycles. The molecule has 106 valence electrons. The molecule has 5 nitrogen and oxygen atoms in total. The molecular formula is C15H11BrN2O3. The fourth-order valence-electron chi connectivity index (χ4n) is 2.25. The minimum atomic E-state index is -0.977. The van der Waals surface area contributed by atoms with Crippen LogP contribution in [0.5, 0.6) is 0 Å². The summed E-state index contributed by atoms with van der Waals surface area (Å²) in [7, 11) is 0. The van der Waals surface area contributed by atoms with E-state index in [1.807, 2.05) is 18.2 Å². The number of carboxylic acids is 1. The molecule has 3 N–H and O–H groups in total. The van der Waals surface area contributed by atoms with Gasteiger partial charge in [-0.05, 0) is 42.5 Å². The van der Waals surface area contributed by atoms with E-state index in [0.29, 0.717) is 5.69 Å². The number of benzene rings is 2. The zero-order valence-electron chi connectivity index (χ0n) is 10.8. The molecule has 1 aliphatic rings. The van der Waals surface area contributed by atoms with Crippen molar-refractivity contribution in [3.05, 3.63) is 58.1 Å². The van der Waals surface area contributed by atoms with Crippen molar-refractivity contribution in [1.82, 2.24) is 0 Å². The lowest BCUT2D eigenvalue weighted by atomic mass is 10.1. The number of anilines is 2. The maximum absolute atomic E-state index is 12.0. The van der Waals surface area contributed by atoms with Crippen LogP contribution in [-0.4, -0.2) is 17.0 Å². The van der Waals surface area contributed by atoms with Gasteiger partial charge in [-0.3, -0.25) is 4.79 Å². The van der Waals surface area contributed by atoms with E-state index in [1.165, 1.54) is 12.1 Å². The van der Waals surface area contributed by atoms with Crippen molar-refractivity contribution in [3.8, 4) is 0 Å². The van der Waals surface area contributed by atoms with E-state index < -0.39 is 12.0 Å². The van der Waals surface area contributed by atoms with Gasteiger partial charge in [-0.15, -0.1) is 0 Å². The predicted octanol–water partition coefficient (Wildman–Crippen LogP) is 3.25. The van der Waals surface area contributed by atoms with Crippen molar-refractivity contribution in [2.45, 2.75) is 6.04 Å². The monoisotopic (exact) mass is 346 g/mol. The topological polar surface area (TPSA) is 78.4 Å². The van der Waals surface area contributed by atoms with E-state index in [2.05, 4.69) is 26.6 Å². The third kappa shape index (κ3) is 2.62. The van der Waals surface area contributed by atoms with E-state index in [4.69, 9.17) is 5.11 Å². The molecular weight excluding hydrogens is 336 g/mol. The summed E-state index contributed by atoms with van der Waals surface area (Å²) < 4.78 is 0.894. The van der Waals surface area contributed by atoms with E-state index >= 15 is 0 Å². The second-order valence-corrected chi connectivity index (χ2v) is 5.60. The quantitative estimate of drug-likeness (QED) is 0.796. The number of carbonyl (C=O) groups excluding carboxylic acids is 1. The number of hydrogen-bond donors (Lipinski definition) is 3. The highest BCUT2D eigenvalue weighted by Gasteiger charge is 2.30. The molecule has 0 aromatic heterocycles. The second-order valence-electron chi connectivity index (χ2n) is 4.68.